The van der Waals surface area contributed by atoms with Crippen LogP contribution in [-0.2, 0) is 4.74 Å². The van der Waals surface area contributed by atoms with Crippen LogP contribution in [-0.4, -0.2) is 22.3 Å². The summed E-state index contributed by atoms with van der Waals surface area (Å²) in [5.41, 5.74) is 2.60. The van der Waals surface area contributed by atoms with E-state index in [1.54, 1.807) is 0 Å². The first-order chi connectivity index (χ1) is 9.02. The van der Waals surface area contributed by atoms with Crippen molar-refractivity contribution in [1.29, 1.82) is 0 Å². The van der Waals surface area contributed by atoms with E-state index < -0.39 is 0 Å². The van der Waals surface area contributed by atoms with E-state index in [0.29, 0.717) is 11.8 Å². The Labute approximate surface area is 128 Å². The number of rotatable bonds is 1. The topological polar surface area (TPSA) is 12.5 Å². The van der Waals surface area contributed by atoms with Crippen molar-refractivity contribution >= 4 is 28.3 Å². The van der Waals surface area contributed by atoms with Crippen LogP contribution >= 0.6 is 22.6 Å². The molecule has 0 saturated carbocycles. The summed E-state index contributed by atoms with van der Waals surface area (Å²) in [6.07, 6.45) is 4.59. The molecule has 0 aliphatic carbocycles. The lowest BCUT2D eigenvalue weighted by molar-refractivity contribution is 0.0245. The second-order valence-electron chi connectivity index (χ2n) is 6.20. The summed E-state index contributed by atoms with van der Waals surface area (Å²) in [5, 5.41) is 0. The van der Waals surface area contributed by atoms with Gasteiger partial charge >= 0.3 is 0 Å². The summed E-state index contributed by atoms with van der Waals surface area (Å²) >= 11 is 2.48. The van der Waals surface area contributed by atoms with Crippen molar-refractivity contribution in [3.05, 3.63) is 42.0 Å². The van der Waals surface area contributed by atoms with Gasteiger partial charge in [0.1, 0.15) is 9.21 Å². The highest BCUT2D eigenvalue weighted by molar-refractivity contribution is 14.1. The van der Waals surface area contributed by atoms with Crippen LogP contribution in [0.1, 0.15) is 12.5 Å². The Bertz CT molecular complexity index is 554. The molecule has 3 aliphatic rings. The molecule has 2 nitrogen and oxygen atoms in total. The van der Waals surface area contributed by atoms with Crippen LogP contribution in [0.4, 0.5) is 5.69 Å². The van der Waals surface area contributed by atoms with Gasteiger partial charge in [-0.1, -0.05) is 30.7 Å². The van der Waals surface area contributed by atoms with Gasteiger partial charge in [-0.3, -0.25) is 0 Å². The zero-order valence-electron chi connectivity index (χ0n) is 11.3. The molecule has 19 heavy (non-hydrogen) atoms. The highest BCUT2D eigenvalue weighted by Gasteiger charge is 2.64. The number of hydrogen-bond donors (Lipinski definition) is 0. The second kappa shape index (κ2) is 3.76. The molecule has 2 bridgehead atoms. The van der Waals surface area contributed by atoms with Gasteiger partial charge < -0.3 is 9.64 Å². The maximum atomic E-state index is 6.39. The average molecular weight is 367 g/mol. The number of hydrogen-bond acceptors (Lipinski definition) is 2. The van der Waals surface area contributed by atoms with Crippen LogP contribution in [0.25, 0.3) is 0 Å². The summed E-state index contributed by atoms with van der Waals surface area (Å²) in [7, 11) is 0. The fraction of sp³-hybridized carbons (Fsp3) is 0.500. The van der Waals surface area contributed by atoms with Crippen molar-refractivity contribution in [2.75, 3.05) is 18.0 Å². The molecule has 0 N–H and O–H groups in total. The molecular formula is C16H18INO. The van der Waals surface area contributed by atoms with E-state index in [1.165, 1.54) is 11.3 Å². The number of fused-ring (bicyclic) bond motifs is 1. The number of aryl methyl sites for hydroxylation is 1. The molecule has 1 spiro atoms. The first-order valence-corrected chi connectivity index (χ1v) is 8.01. The lowest BCUT2D eigenvalue weighted by Crippen LogP contribution is -2.34. The lowest BCUT2D eigenvalue weighted by Gasteiger charge is -2.26. The molecular weight excluding hydrogens is 349 g/mol. The van der Waals surface area contributed by atoms with Gasteiger partial charge in [-0.05, 0) is 47.7 Å². The average Bonchev–Trinajstić information content (AvgIpc) is 2.97. The molecule has 2 saturated heterocycles. The number of ether oxygens (including phenoxy) is 1. The lowest BCUT2D eigenvalue weighted by atomic mass is 9.79. The summed E-state index contributed by atoms with van der Waals surface area (Å²) in [6, 6.07) is 8.85. The molecule has 0 amide bonds. The van der Waals surface area contributed by atoms with E-state index in [4.69, 9.17) is 4.74 Å². The highest BCUT2D eigenvalue weighted by Crippen LogP contribution is 2.59. The number of benzene rings is 1. The minimum absolute atomic E-state index is 0.0362. The Hall–Kier alpha value is -0.550. The zero-order chi connectivity index (χ0) is 13.3. The molecule has 3 heterocycles. The first kappa shape index (κ1) is 12.2. The molecule has 3 aliphatic heterocycles. The molecule has 2 fully saturated rings. The largest absolute Gasteiger partial charge is 0.368 e. The maximum Gasteiger partial charge on any atom is 0.141 e. The van der Waals surface area contributed by atoms with Crippen LogP contribution in [0.3, 0.4) is 0 Å². The maximum absolute atomic E-state index is 6.39. The summed E-state index contributed by atoms with van der Waals surface area (Å²) < 4.78 is 6.34. The van der Waals surface area contributed by atoms with Crippen LogP contribution in [0.2, 0.25) is 0 Å². The molecule has 4 atom stereocenters. The van der Waals surface area contributed by atoms with Gasteiger partial charge in [-0.2, -0.15) is 0 Å². The van der Waals surface area contributed by atoms with Gasteiger partial charge in [0.2, 0.25) is 0 Å². The molecule has 1 aromatic carbocycles. The van der Waals surface area contributed by atoms with Crippen molar-refractivity contribution in [2.45, 2.75) is 23.1 Å². The third kappa shape index (κ3) is 1.57. The SMILES string of the molecule is Cc1ccc(N2CC3[C@@H](C)[C@@]4(I)C=C[C@]3(C2)O4)cc1. The Morgan fingerprint density at radius 3 is 2.68 bits per heavy atom. The zero-order valence-corrected chi connectivity index (χ0v) is 13.4. The van der Waals surface area contributed by atoms with Gasteiger partial charge in [0.15, 0.2) is 0 Å². The van der Waals surface area contributed by atoms with Gasteiger partial charge in [0, 0.05) is 24.1 Å². The number of nitrogens with zero attached hydrogens (tertiary/aromatic N) is 1. The molecule has 4 rings (SSSR count). The van der Waals surface area contributed by atoms with Crippen molar-refractivity contribution in [1.82, 2.24) is 0 Å². The van der Waals surface area contributed by atoms with E-state index >= 15 is 0 Å². The van der Waals surface area contributed by atoms with Gasteiger partial charge in [0.25, 0.3) is 0 Å². The van der Waals surface area contributed by atoms with Crippen LogP contribution in [0, 0.1) is 18.8 Å². The highest BCUT2D eigenvalue weighted by atomic mass is 127. The molecule has 1 unspecified atom stereocenters. The number of alkyl halides is 1. The molecule has 0 aromatic heterocycles. The third-order valence-corrected chi connectivity index (χ3v) is 6.61. The first-order valence-electron chi connectivity index (χ1n) is 6.94. The van der Waals surface area contributed by atoms with E-state index in [0.717, 1.165) is 13.1 Å². The number of anilines is 1. The van der Waals surface area contributed by atoms with E-state index in [9.17, 15) is 0 Å². The smallest absolute Gasteiger partial charge is 0.141 e. The van der Waals surface area contributed by atoms with E-state index in [2.05, 4.69) is 77.8 Å². The monoisotopic (exact) mass is 367 g/mol. The minimum Gasteiger partial charge on any atom is -0.368 e. The Morgan fingerprint density at radius 2 is 2.00 bits per heavy atom. The van der Waals surface area contributed by atoms with Crippen molar-refractivity contribution in [3.63, 3.8) is 0 Å². The summed E-state index contributed by atoms with van der Waals surface area (Å²) in [5.74, 6) is 1.21. The second-order valence-corrected chi connectivity index (χ2v) is 7.89. The van der Waals surface area contributed by atoms with Crippen LogP contribution in [0.15, 0.2) is 36.4 Å². The Kier molecular flexibility index (Phi) is 2.41. The normalized spacial score (nSPS) is 43.0. The van der Waals surface area contributed by atoms with Crippen LogP contribution < -0.4 is 4.90 Å². The molecule has 3 heteroatoms. The van der Waals surface area contributed by atoms with Gasteiger partial charge in [-0.25, -0.2) is 0 Å². The van der Waals surface area contributed by atoms with Crippen molar-refractivity contribution < 1.29 is 4.74 Å². The van der Waals surface area contributed by atoms with E-state index in [1.807, 2.05) is 0 Å². The fourth-order valence-electron chi connectivity index (χ4n) is 3.82. The molecule has 100 valence electrons. The Balaban J connectivity index is 1.65. The quantitative estimate of drug-likeness (QED) is 0.428. The summed E-state index contributed by atoms with van der Waals surface area (Å²) in [4.78, 5) is 2.48. The summed E-state index contributed by atoms with van der Waals surface area (Å²) in [6.45, 7) is 6.57. The third-order valence-electron chi connectivity index (χ3n) is 5.05. The van der Waals surface area contributed by atoms with E-state index in [-0.39, 0.29) is 9.21 Å². The van der Waals surface area contributed by atoms with Gasteiger partial charge in [0.05, 0.1) is 6.54 Å². The number of halogens is 1. The van der Waals surface area contributed by atoms with Crippen molar-refractivity contribution in [3.8, 4) is 0 Å². The minimum atomic E-state index is -0.0538. The standard InChI is InChI=1S/C16H18INO/c1-11-3-5-13(6-4-11)18-9-14-12(2)16(17)8-7-15(14,10-18)19-16/h3-8,12,14H,9-10H2,1-2H3/t12-,14?,15-,16-/m1/s1. The fourth-order valence-corrected chi connectivity index (χ4v) is 4.85. The van der Waals surface area contributed by atoms with Gasteiger partial charge in [-0.15, -0.1) is 0 Å². The molecule has 1 aromatic rings. The Morgan fingerprint density at radius 1 is 1.26 bits per heavy atom. The molecule has 0 radical (unpaired) electrons. The predicted octanol–water partition coefficient (Wildman–Crippen LogP) is 3.54. The van der Waals surface area contributed by atoms with Crippen molar-refractivity contribution in [2.24, 2.45) is 11.8 Å². The predicted molar refractivity (Wildman–Crippen MR) is 85.8 cm³/mol. The van der Waals surface area contributed by atoms with Crippen LogP contribution in [0.5, 0.6) is 0 Å².